The zero-order chi connectivity index (χ0) is 28.5. The molecule has 1 spiro atoms. The van der Waals surface area contributed by atoms with Gasteiger partial charge in [0.1, 0.15) is 17.3 Å². The van der Waals surface area contributed by atoms with E-state index in [1.807, 2.05) is 41.3 Å². The summed E-state index contributed by atoms with van der Waals surface area (Å²) in [5.41, 5.74) is 1.08. The third kappa shape index (κ3) is 3.57. The number of para-hydroxylation sites is 2. The minimum Gasteiger partial charge on any atom is -0.352 e. The van der Waals surface area contributed by atoms with Gasteiger partial charge >= 0.3 is 0 Å². The van der Waals surface area contributed by atoms with E-state index in [1.165, 1.54) is 30.3 Å². The molecule has 1 amide bonds. The number of anilines is 2. The van der Waals surface area contributed by atoms with E-state index >= 15 is 4.39 Å². The van der Waals surface area contributed by atoms with Crippen LogP contribution in [0.15, 0.2) is 97.1 Å². The van der Waals surface area contributed by atoms with Crippen molar-refractivity contribution in [2.75, 3.05) is 10.2 Å². The highest BCUT2D eigenvalue weighted by Gasteiger charge is 2.70. The van der Waals surface area contributed by atoms with E-state index in [9.17, 15) is 14.4 Å². The van der Waals surface area contributed by atoms with E-state index in [2.05, 4.69) is 5.32 Å². The predicted molar refractivity (Wildman–Crippen MR) is 157 cm³/mol. The fraction of sp³-hybridized carbons (Fsp3) is 0.121. The number of fused-ring (bicyclic) bond motifs is 6. The SMILES string of the molecule is O=C(c1ccccc1F)[C@@H]1[C@H](C(=O)c2ccc(Cl)cc2Cl)[C@]2(C(=O)Nc3ccccc32)[C@@H]2C=Cc3ccccc3N12. The number of benzene rings is 4. The fourth-order valence-electron chi connectivity index (χ4n) is 6.80. The lowest BCUT2D eigenvalue weighted by atomic mass is 9.64. The molecule has 8 heteroatoms. The molecule has 3 aliphatic heterocycles. The number of halogens is 3. The first kappa shape index (κ1) is 25.7. The quantitative estimate of drug-likeness (QED) is 0.263. The number of nitrogens with zero attached hydrogens (tertiary/aromatic N) is 1. The summed E-state index contributed by atoms with van der Waals surface area (Å²) in [6.45, 7) is 0. The minimum atomic E-state index is -1.52. The van der Waals surface area contributed by atoms with Crippen LogP contribution in [0.2, 0.25) is 10.0 Å². The van der Waals surface area contributed by atoms with Gasteiger partial charge in [0.25, 0.3) is 0 Å². The summed E-state index contributed by atoms with van der Waals surface area (Å²) in [4.78, 5) is 45.4. The third-order valence-corrected chi connectivity index (χ3v) is 8.98. The molecule has 41 heavy (non-hydrogen) atoms. The highest BCUT2D eigenvalue weighted by molar-refractivity contribution is 6.37. The van der Waals surface area contributed by atoms with E-state index in [4.69, 9.17) is 23.2 Å². The molecule has 202 valence electrons. The van der Waals surface area contributed by atoms with E-state index < -0.39 is 46.7 Å². The first-order chi connectivity index (χ1) is 19.8. The van der Waals surface area contributed by atoms with E-state index in [0.717, 1.165) is 5.56 Å². The van der Waals surface area contributed by atoms with E-state index in [0.29, 0.717) is 22.0 Å². The maximum Gasteiger partial charge on any atom is 0.238 e. The Labute approximate surface area is 245 Å². The summed E-state index contributed by atoms with van der Waals surface area (Å²) in [5.74, 6) is -3.49. The molecule has 0 unspecified atom stereocenters. The normalized spacial score (nSPS) is 23.6. The Bertz CT molecular complexity index is 1820. The Balaban J connectivity index is 1.56. The molecule has 7 rings (SSSR count). The van der Waals surface area contributed by atoms with Crippen molar-refractivity contribution in [3.05, 3.63) is 135 Å². The average Bonchev–Trinajstić information content (AvgIpc) is 3.45. The molecule has 0 radical (unpaired) electrons. The van der Waals surface area contributed by atoms with Crippen molar-refractivity contribution in [1.29, 1.82) is 0 Å². The van der Waals surface area contributed by atoms with Gasteiger partial charge in [-0.2, -0.15) is 0 Å². The number of nitrogens with one attached hydrogen (secondary N) is 1. The molecular weight excluding hydrogens is 562 g/mol. The number of hydrogen-bond acceptors (Lipinski definition) is 4. The Morgan fingerprint density at radius 1 is 0.854 bits per heavy atom. The van der Waals surface area contributed by atoms with Crippen LogP contribution in [0, 0.1) is 11.7 Å². The maximum atomic E-state index is 15.2. The Morgan fingerprint density at radius 2 is 1.59 bits per heavy atom. The number of Topliss-reactive ketones (excluding diaryl/α,β-unsaturated/α-hetero) is 2. The number of carbonyl (C=O) groups excluding carboxylic acids is 3. The van der Waals surface area contributed by atoms with Gasteiger partial charge < -0.3 is 10.2 Å². The van der Waals surface area contributed by atoms with Crippen molar-refractivity contribution in [1.82, 2.24) is 0 Å². The summed E-state index contributed by atoms with van der Waals surface area (Å²) in [6.07, 6.45) is 3.77. The van der Waals surface area contributed by atoms with Gasteiger partial charge in [-0.15, -0.1) is 0 Å². The molecule has 1 saturated heterocycles. The summed E-state index contributed by atoms with van der Waals surface area (Å²) in [7, 11) is 0. The van der Waals surface area contributed by atoms with E-state index in [1.54, 1.807) is 36.4 Å². The van der Waals surface area contributed by atoms with Crippen molar-refractivity contribution in [3.8, 4) is 0 Å². The summed E-state index contributed by atoms with van der Waals surface area (Å²) in [6, 6.07) is 22.9. The van der Waals surface area contributed by atoms with Crippen molar-refractivity contribution in [2.45, 2.75) is 17.5 Å². The molecule has 0 saturated carbocycles. The summed E-state index contributed by atoms with van der Waals surface area (Å²) >= 11 is 12.7. The van der Waals surface area contributed by atoms with Crippen LogP contribution in [0.25, 0.3) is 6.08 Å². The monoisotopic (exact) mass is 582 g/mol. The first-order valence-corrected chi connectivity index (χ1v) is 13.8. The molecular formula is C33H21Cl2FN2O3. The number of amides is 1. The second-order valence-electron chi connectivity index (χ2n) is 10.4. The molecule has 5 nitrogen and oxygen atoms in total. The number of rotatable bonds is 4. The van der Waals surface area contributed by atoms with Gasteiger partial charge in [0.2, 0.25) is 5.91 Å². The summed E-state index contributed by atoms with van der Waals surface area (Å²) < 4.78 is 15.2. The largest absolute Gasteiger partial charge is 0.352 e. The zero-order valence-corrected chi connectivity index (χ0v) is 22.9. The lowest BCUT2D eigenvalue weighted by Gasteiger charge is -2.37. The highest BCUT2D eigenvalue weighted by Crippen LogP contribution is 2.58. The second-order valence-corrected chi connectivity index (χ2v) is 11.2. The molecule has 3 aliphatic rings. The zero-order valence-electron chi connectivity index (χ0n) is 21.4. The van der Waals surface area contributed by atoms with Gasteiger partial charge in [-0.25, -0.2) is 4.39 Å². The standard InChI is InChI=1S/C33H21Cl2FN2O3/c34-19-14-15-20(23(35)17-19)30(39)28-29(31(40)21-8-2-4-10-24(21)36)38-26-12-6-1-7-18(26)13-16-27(38)33(28)22-9-3-5-11-25(22)37-32(33)41/h1-17,27-29H,(H,37,41)/t27-,28+,29-,33+/m0/s1. The van der Waals surface area contributed by atoms with Gasteiger partial charge in [-0.05, 0) is 53.6 Å². The van der Waals surface area contributed by atoms with Crippen LogP contribution in [0.4, 0.5) is 15.8 Å². The third-order valence-electron chi connectivity index (χ3n) is 8.43. The van der Waals surface area contributed by atoms with E-state index in [-0.39, 0.29) is 16.1 Å². The van der Waals surface area contributed by atoms with Gasteiger partial charge in [-0.1, -0.05) is 83.9 Å². The van der Waals surface area contributed by atoms with Crippen molar-refractivity contribution in [3.63, 3.8) is 0 Å². The smallest absolute Gasteiger partial charge is 0.238 e. The molecule has 0 aliphatic carbocycles. The second kappa shape index (κ2) is 9.40. The van der Waals surface area contributed by atoms with Crippen LogP contribution < -0.4 is 10.2 Å². The Hall–Kier alpha value is -4.26. The predicted octanol–water partition coefficient (Wildman–Crippen LogP) is 6.99. The lowest BCUT2D eigenvalue weighted by molar-refractivity contribution is -0.121. The highest BCUT2D eigenvalue weighted by atomic mass is 35.5. The maximum absolute atomic E-state index is 15.2. The lowest BCUT2D eigenvalue weighted by Crippen LogP contribution is -2.51. The number of ketones is 2. The number of hydrogen-bond donors (Lipinski definition) is 1. The van der Waals surface area contributed by atoms with Gasteiger partial charge in [0.15, 0.2) is 11.6 Å². The Kier molecular flexibility index (Phi) is 5.89. The van der Waals surface area contributed by atoms with Crippen LogP contribution in [-0.4, -0.2) is 29.6 Å². The molecule has 4 atom stereocenters. The van der Waals surface area contributed by atoms with Crippen LogP contribution in [0.3, 0.4) is 0 Å². The molecule has 0 bridgehead atoms. The molecule has 3 heterocycles. The van der Waals surface area contributed by atoms with Gasteiger partial charge in [-0.3, -0.25) is 14.4 Å². The Morgan fingerprint density at radius 3 is 2.39 bits per heavy atom. The van der Waals surface area contributed by atoms with Crippen molar-refractivity contribution in [2.24, 2.45) is 5.92 Å². The van der Waals surface area contributed by atoms with Gasteiger partial charge in [0.05, 0.1) is 22.5 Å². The number of carbonyl (C=O) groups is 3. The van der Waals surface area contributed by atoms with Gasteiger partial charge in [0, 0.05) is 22.0 Å². The molecule has 1 fully saturated rings. The van der Waals surface area contributed by atoms with Crippen LogP contribution in [-0.2, 0) is 10.2 Å². The van der Waals surface area contributed by atoms with Crippen molar-refractivity contribution >= 4 is 58.1 Å². The first-order valence-electron chi connectivity index (χ1n) is 13.1. The molecule has 0 aromatic heterocycles. The molecule has 1 N–H and O–H groups in total. The van der Waals surface area contributed by atoms with Crippen molar-refractivity contribution < 1.29 is 18.8 Å². The van der Waals surface area contributed by atoms with Crippen LogP contribution in [0.1, 0.15) is 31.8 Å². The molecule has 4 aromatic rings. The fourth-order valence-corrected chi connectivity index (χ4v) is 7.30. The topological polar surface area (TPSA) is 66.5 Å². The average molecular weight is 583 g/mol. The van der Waals surface area contributed by atoms with Crippen LogP contribution in [0.5, 0.6) is 0 Å². The minimum absolute atomic E-state index is 0.0993. The van der Waals surface area contributed by atoms with Crippen LogP contribution >= 0.6 is 23.2 Å². The molecule has 4 aromatic carbocycles. The summed E-state index contributed by atoms with van der Waals surface area (Å²) in [5, 5.41) is 3.40.